The maximum absolute atomic E-state index is 12.0. The van der Waals surface area contributed by atoms with Gasteiger partial charge in [0.2, 0.25) is 0 Å². The standard InChI is InChI=1S/C20H21BrN4O2/c1-15-3-9-19(10-4-15)24(2)11-18-12-25(23-22-18)13-20(26)27-14-16-5-7-17(21)8-6-16/h3-10,12H,11,13-14H2,1-2H3. The molecule has 0 saturated carbocycles. The second-order valence-corrected chi connectivity index (χ2v) is 7.30. The Bertz CT molecular complexity index is 891. The van der Waals surface area contributed by atoms with Crippen molar-refractivity contribution in [2.75, 3.05) is 11.9 Å². The van der Waals surface area contributed by atoms with Crippen molar-refractivity contribution in [1.82, 2.24) is 15.0 Å². The first kappa shape index (κ1) is 19.1. The number of aromatic nitrogens is 3. The van der Waals surface area contributed by atoms with E-state index in [4.69, 9.17) is 4.74 Å². The Morgan fingerprint density at radius 1 is 1.15 bits per heavy atom. The summed E-state index contributed by atoms with van der Waals surface area (Å²) in [5.41, 5.74) is 4.05. The van der Waals surface area contributed by atoms with E-state index < -0.39 is 0 Å². The minimum absolute atomic E-state index is 0.0395. The van der Waals surface area contributed by atoms with Gasteiger partial charge in [0.05, 0.1) is 12.7 Å². The van der Waals surface area contributed by atoms with Crippen molar-refractivity contribution in [3.63, 3.8) is 0 Å². The molecule has 0 saturated heterocycles. The van der Waals surface area contributed by atoms with Gasteiger partial charge in [0.25, 0.3) is 0 Å². The number of ether oxygens (including phenoxy) is 1. The Morgan fingerprint density at radius 2 is 1.85 bits per heavy atom. The van der Waals surface area contributed by atoms with Gasteiger partial charge in [-0.05, 0) is 36.8 Å². The maximum atomic E-state index is 12.0. The van der Waals surface area contributed by atoms with Crippen LogP contribution >= 0.6 is 15.9 Å². The van der Waals surface area contributed by atoms with Crippen molar-refractivity contribution in [3.05, 3.63) is 76.0 Å². The Kier molecular flexibility index (Phi) is 6.24. The van der Waals surface area contributed by atoms with Gasteiger partial charge in [0.1, 0.15) is 18.8 Å². The molecule has 0 bridgehead atoms. The van der Waals surface area contributed by atoms with Crippen LogP contribution < -0.4 is 4.90 Å². The number of carbonyl (C=O) groups excluding carboxylic acids is 1. The third kappa shape index (κ3) is 5.65. The predicted molar refractivity (Wildman–Crippen MR) is 107 cm³/mol. The molecule has 0 radical (unpaired) electrons. The number of anilines is 1. The molecule has 7 heteroatoms. The molecule has 1 heterocycles. The Morgan fingerprint density at radius 3 is 2.56 bits per heavy atom. The van der Waals surface area contributed by atoms with E-state index >= 15 is 0 Å². The molecule has 3 aromatic rings. The van der Waals surface area contributed by atoms with Crippen LogP contribution in [0.25, 0.3) is 0 Å². The number of carbonyl (C=O) groups is 1. The number of benzene rings is 2. The van der Waals surface area contributed by atoms with E-state index in [0.29, 0.717) is 6.54 Å². The Hall–Kier alpha value is -2.67. The quantitative estimate of drug-likeness (QED) is 0.536. The van der Waals surface area contributed by atoms with E-state index in [2.05, 4.69) is 62.3 Å². The normalized spacial score (nSPS) is 10.6. The highest BCUT2D eigenvalue weighted by Gasteiger charge is 2.10. The Balaban J connectivity index is 1.50. The van der Waals surface area contributed by atoms with Crippen LogP contribution in [0.1, 0.15) is 16.8 Å². The van der Waals surface area contributed by atoms with E-state index in [9.17, 15) is 4.79 Å². The van der Waals surface area contributed by atoms with Gasteiger partial charge in [0.15, 0.2) is 0 Å². The second kappa shape index (κ2) is 8.81. The van der Waals surface area contributed by atoms with Crippen LogP contribution in [0, 0.1) is 6.92 Å². The predicted octanol–water partition coefficient (Wildman–Crippen LogP) is 3.73. The minimum Gasteiger partial charge on any atom is -0.459 e. The van der Waals surface area contributed by atoms with Gasteiger partial charge in [0, 0.05) is 17.2 Å². The third-order valence-corrected chi connectivity index (χ3v) is 4.59. The van der Waals surface area contributed by atoms with Gasteiger partial charge < -0.3 is 9.64 Å². The third-order valence-electron chi connectivity index (χ3n) is 4.06. The molecule has 0 amide bonds. The summed E-state index contributed by atoms with van der Waals surface area (Å²) >= 11 is 3.38. The fourth-order valence-corrected chi connectivity index (χ4v) is 2.81. The lowest BCUT2D eigenvalue weighted by atomic mass is 10.2. The van der Waals surface area contributed by atoms with E-state index in [1.54, 1.807) is 6.20 Å². The molecule has 0 fully saturated rings. The molecule has 0 unspecified atom stereocenters. The van der Waals surface area contributed by atoms with Crippen molar-refractivity contribution in [3.8, 4) is 0 Å². The second-order valence-electron chi connectivity index (χ2n) is 6.39. The van der Waals surface area contributed by atoms with Gasteiger partial charge in [-0.1, -0.05) is 51.0 Å². The minimum atomic E-state index is -0.346. The lowest BCUT2D eigenvalue weighted by Crippen LogP contribution is -2.16. The van der Waals surface area contributed by atoms with Crippen LogP contribution in [0.3, 0.4) is 0 Å². The number of rotatable bonds is 7. The maximum Gasteiger partial charge on any atom is 0.328 e. The van der Waals surface area contributed by atoms with Crippen molar-refractivity contribution in [2.45, 2.75) is 26.6 Å². The fourth-order valence-electron chi connectivity index (χ4n) is 2.54. The summed E-state index contributed by atoms with van der Waals surface area (Å²) < 4.78 is 7.78. The Labute approximate surface area is 166 Å². The monoisotopic (exact) mass is 428 g/mol. The van der Waals surface area contributed by atoms with Gasteiger partial charge >= 0.3 is 5.97 Å². The van der Waals surface area contributed by atoms with Gasteiger partial charge in [-0.3, -0.25) is 4.79 Å². The van der Waals surface area contributed by atoms with Crippen molar-refractivity contribution < 1.29 is 9.53 Å². The van der Waals surface area contributed by atoms with Crippen molar-refractivity contribution >= 4 is 27.6 Å². The topological polar surface area (TPSA) is 60.2 Å². The zero-order valence-electron chi connectivity index (χ0n) is 15.3. The summed E-state index contributed by atoms with van der Waals surface area (Å²) in [6, 6.07) is 15.9. The number of nitrogens with zero attached hydrogens (tertiary/aromatic N) is 4. The molecule has 27 heavy (non-hydrogen) atoms. The molecule has 2 aromatic carbocycles. The smallest absolute Gasteiger partial charge is 0.328 e. The lowest BCUT2D eigenvalue weighted by Gasteiger charge is -2.17. The van der Waals surface area contributed by atoms with Crippen molar-refractivity contribution in [2.24, 2.45) is 0 Å². The number of esters is 1. The van der Waals surface area contributed by atoms with Gasteiger partial charge in [-0.2, -0.15) is 0 Å². The average molecular weight is 429 g/mol. The molecule has 6 nitrogen and oxygen atoms in total. The molecule has 0 atom stereocenters. The summed E-state index contributed by atoms with van der Waals surface area (Å²) in [6.45, 7) is 2.95. The molecule has 3 rings (SSSR count). The molecular weight excluding hydrogens is 408 g/mol. The van der Waals surface area contributed by atoms with E-state index in [1.165, 1.54) is 10.2 Å². The SMILES string of the molecule is Cc1ccc(N(C)Cc2cn(CC(=O)OCc3ccc(Br)cc3)nn2)cc1. The summed E-state index contributed by atoms with van der Waals surface area (Å²) in [7, 11) is 2.00. The van der Waals surface area contributed by atoms with E-state index in [1.807, 2.05) is 31.3 Å². The lowest BCUT2D eigenvalue weighted by molar-refractivity contribution is -0.145. The largest absolute Gasteiger partial charge is 0.459 e. The number of hydrogen-bond donors (Lipinski definition) is 0. The summed E-state index contributed by atoms with van der Waals surface area (Å²) in [5, 5.41) is 8.16. The van der Waals surface area contributed by atoms with Gasteiger partial charge in [-0.15, -0.1) is 5.10 Å². The van der Waals surface area contributed by atoms with Crippen LogP contribution in [0.2, 0.25) is 0 Å². The van der Waals surface area contributed by atoms with Crippen molar-refractivity contribution in [1.29, 1.82) is 0 Å². The number of aryl methyl sites for hydroxylation is 1. The molecule has 0 aliphatic heterocycles. The van der Waals surface area contributed by atoms with E-state index in [-0.39, 0.29) is 19.1 Å². The first-order valence-corrected chi connectivity index (χ1v) is 9.36. The molecule has 0 aliphatic carbocycles. The van der Waals surface area contributed by atoms with Crippen LogP contribution in [0.4, 0.5) is 5.69 Å². The summed E-state index contributed by atoms with van der Waals surface area (Å²) in [6.07, 6.45) is 1.77. The zero-order valence-corrected chi connectivity index (χ0v) is 16.9. The molecule has 0 aliphatic rings. The van der Waals surface area contributed by atoms with E-state index in [0.717, 1.165) is 21.4 Å². The highest BCUT2D eigenvalue weighted by atomic mass is 79.9. The highest BCUT2D eigenvalue weighted by molar-refractivity contribution is 9.10. The van der Waals surface area contributed by atoms with Crippen LogP contribution in [0.5, 0.6) is 0 Å². The number of halogens is 1. The first-order valence-electron chi connectivity index (χ1n) is 8.56. The molecule has 140 valence electrons. The summed E-state index contributed by atoms with van der Waals surface area (Å²) in [4.78, 5) is 14.1. The van der Waals surface area contributed by atoms with Crippen LogP contribution in [0.15, 0.2) is 59.2 Å². The zero-order chi connectivity index (χ0) is 19.2. The number of hydrogen-bond acceptors (Lipinski definition) is 5. The van der Waals surface area contributed by atoms with Crippen LogP contribution in [-0.2, 0) is 29.2 Å². The molecular formula is C20H21BrN4O2. The van der Waals surface area contributed by atoms with Crippen LogP contribution in [-0.4, -0.2) is 28.0 Å². The molecule has 1 aromatic heterocycles. The van der Waals surface area contributed by atoms with Gasteiger partial charge in [-0.25, -0.2) is 4.68 Å². The summed E-state index contributed by atoms with van der Waals surface area (Å²) in [5.74, 6) is -0.346. The molecule has 0 spiro atoms. The fraction of sp³-hybridized carbons (Fsp3) is 0.250. The highest BCUT2D eigenvalue weighted by Crippen LogP contribution is 2.15. The first-order chi connectivity index (χ1) is 13.0. The average Bonchev–Trinajstić information content (AvgIpc) is 3.08. The molecule has 0 N–H and O–H groups in total.